The Morgan fingerprint density at radius 3 is 2.06 bits per heavy atom. The molecule has 1 heterocycles. The van der Waals surface area contributed by atoms with Crippen LogP contribution in [-0.4, -0.2) is 69.1 Å². The average Bonchev–Trinajstić information content (AvgIpc) is 2.81. The first-order chi connectivity index (χ1) is 15.4. The molecule has 1 aliphatic heterocycles. The number of rotatable bonds is 6. The Bertz CT molecular complexity index is 1010. The van der Waals surface area contributed by atoms with Crippen LogP contribution in [0.1, 0.15) is 15.9 Å². The largest absolute Gasteiger partial charge is 0.493 e. The molecule has 32 heavy (non-hydrogen) atoms. The lowest BCUT2D eigenvalue weighted by Gasteiger charge is -2.34. The Morgan fingerprint density at radius 1 is 0.938 bits per heavy atom. The van der Waals surface area contributed by atoms with E-state index in [4.69, 9.17) is 25.8 Å². The van der Waals surface area contributed by atoms with E-state index in [0.29, 0.717) is 49.0 Å². The van der Waals surface area contributed by atoms with Crippen molar-refractivity contribution in [1.82, 2.24) is 9.80 Å². The fourth-order valence-electron chi connectivity index (χ4n) is 3.43. The van der Waals surface area contributed by atoms with Gasteiger partial charge in [0.25, 0.3) is 5.91 Å². The number of carbonyl (C=O) groups excluding carboxylic acids is 2. The molecule has 0 radical (unpaired) electrons. The summed E-state index contributed by atoms with van der Waals surface area (Å²) in [7, 11) is 4.57. The Hall–Kier alpha value is -3.26. The third-order valence-corrected chi connectivity index (χ3v) is 5.46. The molecule has 0 bridgehead atoms. The second-order valence-electron chi connectivity index (χ2n) is 7.03. The molecule has 0 saturated carbocycles. The minimum Gasteiger partial charge on any atom is -0.493 e. The van der Waals surface area contributed by atoms with Crippen LogP contribution >= 0.6 is 11.6 Å². The number of hydrogen-bond donors (Lipinski definition) is 0. The second kappa shape index (κ2) is 10.4. The number of methoxy groups -OCH3 is 3. The topological polar surface area (TPSA) is 68.3 Å². The highest BCUT2D eigenvalue weighted by Gasteiger charge is 2.25. The summed E-state index contributed by atoms with van der Waals surface area (Å²) in [5.41, 5.74) is 0.961. The molecule has 2 amide bonds. The first kappa shape index (κ1) is 23.4. The molecule has 3 rings (SSSR count). The van der Waals surface area contributed by atoms with Gasteiger partial charge >= 0.3 is 0 Å². The van der Waals surface area contributed by atoms with Crippen molar-refractivity contribution in [1.29, 1.82) is 0 Å². The van der Waals surface area contributed by atoms with Crippen LogP contribution < -0.4 is 14.2 Å². The summed E-state index contributed by atoms with van der Waals surface area (Å²) in [6.45, 7) is 1.47. The summed E-state index contributed by atoms with van der Waals surface area (Å²) < 4.78 is 29.2. The van der Waals surface area contributed by atoms with Crippen molar-refractivity contribution in [2.75, 3.05) is 47.5 Å². The third kappa shape index (κ3) is 5.13. The van der Waals surface area contributed by atoms with Gasteiger partial charge in [0.05, 0.1) is 31.9 Å². The lowest BCUT2D eigenvalue weighted by molar-refractivity contribution is -0.127. The Labute approximate surface area is 190 Å². The van der Waals surface area contributed by atoms with Gasteiger partial charge in [-0.25, -0.2) is 4.39 Å². The number of nitrogens with zero attached hydrogens (tertiary/aromatic N) is 2. The molecule has 1 aliphatic rings. The minimum atomic E-state index is -0.499. The van der Waals surface area contributed by atoms with Crippen molar-refractivity contribution in [2.45, 2.75) is 0 Å². The quantitative estimate of drug-likeness (QED) is 0.615. The van der Waals surface area contributed by atoms with Crippen LogP contribution in [0.15, 0.2) is 36.4 Å². The predicted molar refractivity (Wildman–Crippen MR) is 119 cm³/mol. The zero-order valence-electron chi connectivity index (χ0n) is 18.1. The SMILES string of the molecule is COc1cc(/C=C/C(=O)N2CCN(C(=O)c3ccc(F)cc3Cl)CC2)cc(OC)c1OC. The van der Waals surface area contributed by atoms with E-state index in [0.717, 1.165) is 6.07 Å². The molecule has 9 heteroatoms. The number of halogens is 2. The number of carbonyl (C=O) groups is 2. The maximum atomic E-state index is 13.2. The van der Waals surface area contributed by atoms with Gasteiger partial charge in [-0.1, -0.05) is 11.6 Å². The van der Waals surface area contributed by atoms with Gasteiger partial charge in [-0.15, -0.1) is 0 Å². The van der Waals surface area contributed by atoms with E-state index in [9.17, 15) is 14.0 Å². The van der Waals surface area contributed by atoms with Gasteiger partial charge < -0.3 is 24.0 Å². The van der Waals surface area contributed by atoms with Crippen LogP contribution in [0.25, 0.3) is 6.08 Å². The lowest BCUT2D eigenvalue weighted by Crippen LogP contribution is -2.50. The molecule has 0 unspecified atom stereocenters. The first-order valence-electron chi connectivity index (χ1n) is 9.89. The van der Waals surface area contributed by atoms with E-state index in [2.05, 4.69) is 0 Å². The van der Waals surface area contributed by atoms with Crippen LogP contribution in [0.3, 0.4) is 0 Å². The molecule has 7 nitrogen and oxygen atoms in total. The zero-order valence-corrected chi connectivity index (χ0v) is 18.8. The van der Waals surface area contributed by atoms with E-state index in [1.165, 1.54) is 39.5 Å². The molecule has 0 aromatic heterocycles. The van der Waals surface area contributed by atoms with Crippen LogP contribution in [0.5, 0.6) is 17.2 Å². The van der Waals surface area contributed by atoms with E-state index >= 15 is 0 Å². The molecule has 1 saturated heterocycles. The van der Waals surface area contributed by atoms with Gasteiger partial charge in [-0.2, -0.15) is 0 Å². The molecule has 170 valence electrons. The van der Waals surface area contributed by atoms with Crippen molar-refractivity contribution in [3.05, 3.63) is 58.4 Å². The van der Waals surface area contributed by atoms with Gasteiger partial charge in [-0.3, -0.25) is 9.59 Å². The number of hydrogen-bond acceptors (Lipinski definition) is 5. The van der Waals surface area contributed by atoms with Crippen LogP contribution in [-0.2, 0) is 4.79 Å². The Kier molecular flexibility index (Phi) is 7.58. The molecule has 0 aliphatic carbocycles. The fourth-order valence-corrected chi connectivity index (χ4v) is 3.68. The summed E-state index contributed by atoms with van der Waals surface area (Å²) >= 11 is 6.00. The molecule has 2 aromatic carbocycles. The minimum absolute atomic E-state index is 0.0711. The monoisotopic (exact) mass is 462 g/mol. The molecule has 0 spiro atoms. The summed E-state index contributed by atoms with van der Waals surface area (Å²) in [5.74, 6) is 0.498. The standard InChI is InChI=1S/C23H24ClFN2O5/c1-30-19-12-15(13-20(31-2)22(19)32-3)4-7-21(28)26-8-10-27(11-9-26)23(29)17-6-5-16(25)14-18(17)24/h4-7,12-14H,8-11H2,1-3H3/b7-4+. The van der Waals surface area contributed by atoms with E-state index < -0.39 is 5.82 Å². The molecule has 0 atom stereocenters. The van der Waals surface area contributed by atoms with Crippen molar-refractivity contribution in [3.8, 4) is 17.2 Å². The average molecular weight is 463 g/mol. The van der Waals surface area contributed by atoms with Gasteiger partial charge in [0.1, 0.15) is 5.82 Å². The predicted octanol–water partition coefficient (Wildman–Crippen LogP) is 3.50. The summed E-state index contributed by atoms with van der Waals surface area (Å²) in [5, 5.41) is 0.0711. The van der Waals surface area contributed by atoms with Crippen LogP contribution in [0.4, 0.5) is 4.39 Å². The first-order valence-corrected chi connectivity index (χ1v) is 10.3. The maximum Gasteiger partial charge on any atom is 0.255 e. The number of benzene rings is 2. The lowest BCUT2D eigenvalue weighted by atomic mass is 10.1. The van der Waals surface area contributed by atoms with Gasteiger partial charge in [0.2, 0.25) is 11.7 Å². The maximum absolute atomic E-state index is 13.2. The molecular weight excluding hydrogens is 439 g/mol. The van der Waals surface area contributed by atoms with Crippen molar-refractivity contribution >= 4 is 29.5 Å². The number of ether oxygens (including phenoxy) is 3. The highest BCUT2D eigenvalue weighted by Crippen LogP contribution is 2.38. The normalized spacial score (nSPS) is 13.9. The van der Waals surface area contributed by atoms with Crippen molar-refractivity contribution in [2.24, 2.45) is 0 Å². The van der Waals surface area contributed by atoms with Crippen molar-refractivity contribution < 1.29 is 28.2 Å². The summed E-state index contributed by atoms with van der Waals surface area (Å²) in [6.07, 6.45) is 3.14. The number of amides is 2. The fraction of sp³-hybridized carbons (Fsp3) is 0.304. The van der Waals surface area contributed by atoms with Gasteiger partial charge in [-0.05, 0) is 42.0 Å². The highest BCUT2D eigenvalue weighted by atomic mass is 35.5. The van der Waals surface area contributed by atoms with Gasteiger partial charge in [0.15, 0.2) is 11.5 Å². The molecular formula is C23H24ClFN2O5. The van der Waals surface area contributed by atoms with E-state index in [1.54, 1.807) is 28.0 Å². The zero-order chi connectivity index (χ0) is 23.3. The van der Waals surface area contributed by atoms with Crippen LogP contribution in [0.2, 0.25) is 5.02 Å². The summed E-state index contributed by atoms with van der Waals surface area (Å²) in [6, 6.07) is 7.18. The van der Waals surface area contributed by atoms with E-state index in [1.807, 2.05) is 0 Å². The summed E-state index contributed by atoms with van der Waals surface area (Å²) in [4.78, 5) is 28.5. The molecule has 2 aromatic rings. The second-order valence-corrected chi connectivity index (χ2v) is 7.44. The van der Waals surface area contributed by atoms with E-state index in [-0.39, 0.29) is 22.4 Å². The molecule has 1 fully saturated rings. The smallest absolute Gasteiger partial charge is 0.255 e. The van der Waals surface area contributed by atoms with Crippen LogP contribution in [0, 0.1) is 5.82 Å². The third-order valence-electron chi connectivity index (χ3n) is 5.15. The van der Waals surface area contributed by atoms with Crippen molar-refractivity contribution in [3.63, 3.8) is 0 Å². The Morgan fingerprint density at radius 2 is 1.53 bits per heavy atom. The highest BCUT2D eigenvalue weighted by molar-refractivity contribution is 6.33. The number of piperazine rings is 1. The Balaban J connectivity index is 1.63. The van der Waals surface area contributed by atoms with Gasteiger partial charge in [0, 0.05) is 32.3 Å². The molecule has 0 N–H and O–H groups in total.